The van der Waals surface area contributed by atoms with Crippen molar-refractivity contribution in [1.29, 1.82) is 0 Å². The van der Waals surface area contributed by atoms with Gasteiger partial charge in [0.25, 0.3) is 0 Å². The van der Waals surface area contributed by atoms with Gasteiger partial charge in [0.1, 0.15) is 10.7 Å². The molecule has 1 unspecified atom stereocenters. The molecule has 0 amide bonds. The van der Waals surface area contributed by atoms with Crippen LogP contribution in [0.2, 0.25) is 5.02 Å². The van der Waals surface area contributed by atoms with Gasteiger partial charge in [-0.3, -0.25) is 0 Å². The minimum atomic E-state index is -3.67. The molecule has 0 spiro atoms. The Morgan fingerprint density at radius 2 is 2.25 bits per heavy atom. The maximum Gasteiger partial charge on any atom is 0.242 e. The zero-order chi connectivity index (χ0) is 14.8. The van der Waals surface area contributed by atoms with Crippen LogP contribution in [0.3, 0.4) is 0 Å². The lowest BCUT2D eigenvalue weighted by molar-refractivity contribution is 0.0386. The Morgan fingerprint density at radius 1 is 1.50 bits per heavy atom. The fourth-order valence-electron chi connectivity index (χ4n) is 2.15. The molecule has 0 aliphatic carbocycles. The quantitative estimate of drug-likeness (QED) is 0.881. The molecule has 0 radical (unpaired) electrons. The largest absolute Gasteiger partial charge is 0.380 e. The summed E-state index contributed by atoms with van der Waals surface area (Å²) >= 11 is 5.97. The molecule has 0 saturated carbocycles. The van der Waals surface area contributed by atoms with Gasteiger partial charge in [0, 0.05) is 19.9 Å². The first-order valence-corrected chi connectivity index (χ1v) is 8.17. The second kappa shape index (κ2) is 5.85. The first kappa shape index (κ1) is 15.5. The molecule has 0 bridgehead atoms. The van der Waals surface area contributed by atoms with E-state index in [1.54, 1.807) is 7.05 Å². The van der Waals surface area contributed by atoms with Crippen LogP contribution in [0.25, 0.3) is 0 Å². The van der Waals surface area contributed by atoms with Crippen LogP contribution in [0.15, 0.2) is 17.2 Å². The van der Waals surface area contributed by atoms with Gasteiger partial charge in [-0.2, -0.15) is 0 Å². The van der Waals surface area contributed by atoms with Gasteiger partial charge >= 0.3 is 0 Å². The Hall–Kier alpha value is -0.890. The van der Waals surface area contributed by atoms with E-state index in [1.807, 2.05) is 6.92 Å². The summed E-state index contributed by atoms with van der Waals surface area (Å²) in [6.07, 6.45) is 2.85. The first-order chi connectivity index (χ1) is 9.36. The monoisotopic (exact) mass is 319 g/mol. The third kappa shape index (κ3) is 3.41. The molecule has 1 aromatic heterocycles. The Balaban J connectivity index is 2.24. The van der Waals surface area contributed by atoms with Crippen LogP contribution in [0, 0.1) is 0 Å². The van der Waals surface area contributed by atoms with Crippen LogP contribution in [-0.4, -0.2) is 39.2 Å². The molecule has 1 aliphatic heterocycles. The van der Waals surface area contributed by atoms with E-state index in [9.17, 15) is 8.42 Å². The summed E-state index contributed by atoms with van der Waals surface area (Å²) in [5.74, 6) is 0.442. The van der Waals surface area contributed by atoms with Crippen molar-refractivity contribution < 1.29 is 13.2 Å². The molecule has 1 atom stereocenters. The Kier molecular flexibility index (Phi) is 4.53. The topological polar surface area (TPSA) is 80.3 Å². The average molecular weight is 320 g/mol. The number of rotatable bonds is 4. The number of pyridine rings is 1. The Morgan fingerprint density at radius 3 is 2.80 bits per heavy atom. The van der Waals surface area contributed by atoms with Crippen LogP contribution in [0.4, 0.5) is 5.82 Å². The minimum Gasteiger partial charge on any atom is -0.380 e. The van der Waals surface area contributed by atoms with E-state index in [1.165, 1.54) is 12.3 Å². The van der Waals surface area contributed by atoms with Crippen molar-refractivity contribution in [3.05, 3.63) is 17.3 Å². The Labute approximate surface area is 123 Å². The number of nitrogens with one attached hydrogen (secondary N) is 2. The number of hydrogen-bond acceptors (Lipinski definition) is 5. The summed E-state index contributed by atoms with van der Waals surface area (Å²) in [6.45, 7) is 2.87. The summed E-state index contributed by atoms with van der Waals surface area (Å²) in [7, 11) is -2.00. The van der Waals surface area contributed by atoms with Crippen molar-refractivity contribution in [2.75, 3.05) is 25.6 Å². The summed E-state index contributed by atoms with van der Waals surface area (Å²) in [5, 5.41) is 3.05. The minimum absolute atomic E-state index is 0.0494. The molecule has 2 heterocycles. The van der Waals surface area contributed by atoms with E-state index in [0.29, 0.717) is 19.0 Å². The van der Waals surface area contributed by atoms with Crippen molar-refractivity contribution in [2.45, 2.75) is 30.2 Å². The van der Waals surface area contributed by atoms with Gasteiger partial charge in [-0.15, -0.1) is 0 Å². The fourth-order valence-corrected chi connectivity index (χ4v) is 3.87. The number of halogens is 1. The summed E-state index contributed by atoms with van der Waals surface area (Å²) in [5.41, 5.74) is -0.592. The molecular weight excluding hydrogens is 302 g/mol. The molecular formula is C12H18ClN3O3S. The number of anilines is 1. The van der Waals surface area contributed by atoms with E-state index in [-0.39, 0.29) is 9.92 Å². The molecule has 6 nitrogen and oxygen atoms in total. The number of sulfonamides is 1. The highest BCUT2D eigenvalue weighted by Gasteiger charge is 2.33. The van der Waals surface area contributed by atoms with Gasteiger partial charge in [-0.05, 0) is 25.8 Å². The standard InChI is InChI=1S/C12H18ClN3O3S/c1-12(4-3-5-19-8-12)16-20(17,18)9-6-10(13)11(14-2)15-7-9/h6-7,16H,3-5,8H2,1-2H3,(H,14,15). The molecule has 1 aliphatic rings. The lowest BCUT2D eigenvalue weighted by atomic mass is 9.97. The lowest BCUT2D eigenvalue weighted by Gasteiger charge is -2.33. The second-order valence-corrected chi connectivity index (χ2v) is 7.16. The highest BCUT2D eigenvalue weighted by molar-refractivity contribution is 7.89. The number of ether oxygens (including phenoxy) is 1. The molecule has 1 saturated heterocycles. The smallest absolute Gasteiger partial charge is 0.242 e. The van der Waals surface area contributed by atoms with Crippen LogP contribution in [0.1, 0.15) is 19.8 Å². The first-order valence-electron chi connectivity index (χ1n) is 6.31. The normalized spacial score (nSPS) is 23.6. The maximum absolute atomic E-state index is 12.4. The van der Waals surface area contributed by atoms with Gasteiger partial charge in [0.15, 0.2) is 0 Å². The SMILES string of the molecule is CNc1ncc(S(=O)(=O)NC2(C)CCCOC2)cc1Cl. The summed E-state index contributed by atoms with van der Waals surface area (Å²) in [4.78, 5) is 4.03. The van der Waals surface area contributed by atoms with Gasteiger partial charge < -0.3 is 10.1 Å². The number of nitrogens with zero attached hydrogens (tertiary/aromatic N) is 1. The summed E-state index contributed by atoms with van der Waals surface area (Å²) in [6, 6.07) is 1.38. The fraction of sp³-hybridized carbons (Fsp3) is 0.583. The zero-order valence-electron chi connectivity index (χ0n) is 11.4. The van der Waals surface area contributed by atoms with Crippen LogP contribution in [0.5, 0.6) is 0 Å². The number of hydrogen-bond donors (Lipinski definition) is 2. The van der Waals surface area contributed by atoms with Crippen molar-refractivity contribution in [3.8, 4) is 0 Å². The third-order valence-electron chi connectivity index (χ3n) is 3.18. The van der Waals surface area contributed by atoms with Crippen molar-refractivity contribution >= 4 is 27.4 Å². The average Bonchev–Trinajstić information content (AvgIpc) is 2.38. The van der Waals surface area contributed by atoms with Crippen molar-refractivity contribution in [2.24, 2.45) is 0 Å². The second-order valence-electron chi connectivity index (χ2n) is 5.07. The van der Waals surface area contributed by atoms with E-state index in [2.05, 4.69) is 15.0 Å². The van der Waals surface area contributed by atoms with E-state index in [4.69, 9.17) is 16.3 Å². The molecule has 112 valence electrons. The van der Waals surface area contributed by atoms with Crippen LogP contribution in [-0.2, 0) is 14.8 Å². The number of aromatic nitrogens is 1. The van der Waals surface area contributed by atoms with Gasteiger partial charge in [-0.25, -0.2) is 18.1 Å². The van der Waals surface area contributed by atoms with Crippen LogP contribution >= 0.6 is 11.6 Å². The molecule has 0 aromatic carbocycles. The predicted octanol–water partition coefficient (Wildman–Crippen LogP) is 1.62. The van der Waals surface area contributed by atoms with E-state index < -0.39 is 15.6 Å². The summed E-state index contributed by atoms with van der Waals surface area (Å²) < 4.78 is 32.8. The van der Waals surface area contributed by atoms with E-state index in [0.717, 1.165) is 12.8 Å². The third-order valence-corrected chi connectivity index (χ3v) is 5.08. The molecule has 2 N–H and O–H groups in total. The van der Waals surface area contributed by atoms with Gasteiger partial charge in [0.2, 0.25) is 10.0 Å². The van der Waals surface area contributed by atoms with Crippen molar-refractivity contribution in [1.82, 2.24) is 9.71 Å². The predicted molar refractivity (Wildman–Crippen MR) is 77.6 cm³/mol. The molecule has 2 rings (SSSR count). The maximum atomic E-state index is 12.4. The van der Waals surface area contributed by atoms with Crippen molar-refractivity contribution in [3.63, 3.8) is 0 Å². The zero-order valence-corrected chi connectivity index (χ0v) is 13.0. The van der Waals surface area contributed by atoms with E-state index >= 15 is 0 Å². The van der Waals surface area contributed by atoms with Gasteiger partial charge in [0.05, 0.1) is 17.2 Å². The highest BCUT2D eigenvalue weighted by Crippen LogP contribution is 2.25. The molecule has 1 fully saturated rings. The van der Waals surface area contributed by atoms with Crippen LogP contribution < -0.4 is 10.0 Å². The van der Waals surface area contributed by atoms with Gasteiger partial charge in [-0.1, -0.05) is 11.6 Å². The molecule has 1 aromatic rings. The molecule has 20 heavy (non-hydrogen) atoms. The lowest BCUT2D eigenvalue weighted by Crippen LogP contribution is -2.51. The Bertz CT molecular complexity index is 586. The molecule has 8 heteroatoms. The highest BCUT2D eigenvalue weighted by atomic mass is 35.5.